The predicted molar refractivity (Wildman–Crippen MR) is 59.6 cm³/mol. The van der Waals surface area contributed by atoms with Crippen molar-refractivity contribution in [3.05, 3.63) is 48.3 Å². The van der Waals surface area contributed by atoms with Gasteiger partial charge in [-0.1, -0.05) is 12.2 Å². The first-order chi connectivity index (χ1) is 6.91. The third-order valence-corrected chi connectivity index (χ3v) is 2.49. The number of hydrogen-bond donors (Lipinski definition) is 2. The van der Waals surface area contributed by atoms with Crippen LogP contribution in [0, 0.1) is 0 Å². The normalized spacial score (nSPS) is 16.7. The van der Waals surface area contributed by atoms with Crippen molar-refractivity contribution in [2.45, 2.75) is 12.2 Å². The van der Waals surface area contributed by atoms with Gasteiger partial charge >= 0.3 is 0 Å². The summed E-state index contributed by atoms with van der Waals surface area (Å²) >= 11 is 0. The minimum absolute atomic E-state index is 0.839. The molecule has 0 aliphatic rings. The van der Waals surface area contributed by atoms with Gasteiger partial charge in [0.15, 0.2) is 9.84 Å². The minimum atomic E-state index is -3.57. The molecule has 0 aromatic carbocycles. The third-order valence-electron chi connectivity index (χ3n) is 1.41. The molecule has 0 aliphatic heterocycles. The molecule has 0 aromatic heterocycles. The van der Waals surface area contributed by atoms with Crippen LogP contribution in [0.3, 0.4) is 0 Å². The van der Waals surface area contributed by atoms with Crippen LogP contribution in [0.5, 0.6) is 0 Å². The van der Waals surface area contributed by atoms with Gasteiger partial charge in [-0.2, -0.15) is 0 Å². The number of rotatable bonds is 6. The maximum atomic E-state index is 11.2. The lowest BCUT2D eigenvalue weighted by Gasteiger charge is -1.96. The van der Waals surface area contributed by atoms with E-state index in [1.54, 1.807) is 0 Å². The highest BCUT2D eigenvalue weighted by Gasteiger charge is 2.01. The fourth-order valence-corrected chi connectivity index (χ4v) is 1.43. The highest BCUT2D eigenvalue weighted by atomic mass is 32.2. The first-order valence-corrected chi connectivity index (χ1v) is 5.75. The van der Waals surface area contributed by atoms with Gasteiger partial charge in [0.05, 0.1) is 12.2 Å². The molecule has 0 aliphatic carbocycles. The molecule has 2 atom stereocenters. The van der Waals surface area contributed by atoms with Crippen molar-refractivity contribution in [2.75, 3.05) is 0 Å². The summed E-state index contributed by atoms with van der Waals surface area (Å²) in [7, 11) is -3.57. The van der Waals surface area contributed by atoms with Crippen molar-refractivity contribution >= 4 is 9.84 Å². The summed E-state index contributed by atoms with van der Waals surface area (Å²) < 4.78 is 22.4. The first-order valence-electron chi connectivity index (χ1n) is 4.14. The molecule has 0 radical (unpaired) electrons. The van der Waals surface area contributed by atoms with E-state index in [0.29, 0.717) is 0 Å². The summed E-state index contributed by atoms with van der Waals surface area (Å²) in [5, 5.41) is 19.6. The summed E-state index contributed by atoms with van der Waals surface area (Å²) in [6, 6.07) is 0. The van der Waals surface area contributed by atoms with Gasteiger partial charge in [0.25, 0.3) is 0 Å². The zero-order chi connectivity index (χ0) is 11.9. The van der Waals surface area contributed by atoms with E-state index in [0.717, 1.165) is 23.0 Å². The maximum Gasteiger partial charge on any atom is 0.192 e. The Morgan fingerprint density at radius 3 is 1.53 bits per heavy atom. The molecule has 0 amide bonds. The van der Waals surface area contributed by atoms with Crippen LogP contribution in [0.4, 0.5) is 0 Å². The second kappa shape index (κ2) is 6.34. The van der Waals surface area contributed by atoms with Crippen LogP contribution in [0.1, 0.15) is 0 Å². The molecule has 4 nitrogen and oxygen atoms in total. The van der Waals surface area contributed by atoms with E-state index in [1.807, 2.05) is 0 Å². The first kappa shape index (κ1) is 13.8. The molecule has 5 heteroatoms. The lowest BCUT2D eigenvalue weighted by molar-refractivity contribution is 0.272. The predicted octanol–water partition coefficient (Wildman–Crippen LogP) is 0.522. The molecule has 2 N–H and O–H groups in total. The molecule has 15 heavy (non-hydrogen) atoms. The molecule has 0 aromatic rings. The fourth-order valence-electron chi connectivity index (χ4n) is 0.583. The molecule has 0 fully saturated rings. The zero-order valence-electron chi connectivity index (χ0n) is 8.15. The number of aliphatic hydroxyl groups is 2. The largest absolute Gasteiger partial charge is 0.385 e. The average molecular weight is 230 g/mol. The van der Waals surface area contributed by atoms with Crippen LogP contribution in [0.25, 0.3) is 0 Å². The summed E-state index contributed by atoms with van der Waals surface area (Å²) in [5.74, 6) is 0. The maximum absolute atomic E-state index is 11.2. The Bertz CT molecular complexity index is 335. The van der Waals surface area contributed by atoms with Crippen molar-refractivity contribution in [2.24, 2.45) is 0 Å². The Kier molecular flexibility index (Phi) is 5.84. The Morgan fingerprint density at radius 2 is 1.27 bits per heavy atom. The van der Waals surface area contributed by atoms with Crippen molar-refractivity contribution < 1.29 is 18.6 Å². The van der Waals surface area contributed by atoms with Crippen molar-refractivity contribution in [1.29, 1.82) is 0 Å². The van der Waals surface area contributed by atoms with Gasteiger partial charge < -0.3 is 10.2 Å². The Morgan fingerprint density at radius 1 is 0.933 bits per heavy atom. The van der Waals surface area contributed by atoms with Gasteiger partial charge in [0.2, 0.25) is 0 Å². The summed E-state index contributed by atoms with van der Waals surface area (Å²) in [6.07, 6.45) is 2.53. The van der Waals surface area contributed by atoms with Crippen LogP contribution in [0.15, 0.2) is 48.3 Å². The van der Waals surface area contributed by atoms with E-state index in [9.17, 15) is 8.42 Å². The van der Waals surface area contributed by atoms with Gasteiger partial charge in [0.1, 0.15) is 0 Å². The van der Waals surface area contributed by atoms with Gasteiger partial charge in [-0.05, 0) is 12.2 Å². The van der Waals surface area contributed by atoms with E-state index in [2.05, 4.69) is 13.2 Å². The smallest absolute Gasteiger partial charge is 0.192 e. The van der Waals surface area contributed by atoms with Crippen molar-refractivity contribution in [1.82, 2.24) is 0 Å². The number of sulfone groups is 1. The monoisotopic (exact) mass is 230 g/mol. The highest BCUT2D eigenvalue weighted by molar-refractivity contribution is 7.97. The Hall–Kier alpha value is -1.17. The van der Waals surface area contributed by atoms with Gasteiger partial charge in [-0.25, -0.2) is 8.42 Å². The van der Waals surface area contributed by atoms with Gasteiger partial charge in [-0.15, -0.1) is 13.2 Å². The Balaban J connectivity index is 4.57. The molecule has 0 heterocycles. The SMILES string of the molecule is C=CC(O)C=CS(=O)(=O)C=CC(O)C=C. The van der Waals surface area contributed by atoms with E-state index in [4.69, 9.17) is 10.2 Å². The van der Waals surface area contributed by atoms with Crippen LogP contribution in [0.2, 0.25) is 0 Å². The lowest BCUT2D eigenvalue weighted by Crippen LogP contribution is -2.00. The molecule has 0 bridgehead atoms. The van der Waals surface area contributed by atoms with E-state index < -0.39 is 22.0 Å². The fraction of sp³-hybridized carbons (Fsp3) is 0.200. The second-order valence-electron chi connectivity index (χ2n) is 2.70. The number of hydrogen-bond acceptors (Lipinski definition) is 4. The molecule has 0 saturated heterocycles. The molecular formula is C10H14O4S. The van der Waals surface area contributed by atoms with Crippen LogP contribution >= 0.6 is 0 Å². The standard InChI is InChI=1S/C10H14O4S/c1-3-9(11)5-7-15(13,14)8-6-10(12)4-2/h3-12H,1-2H2. The van der Waals surface area contributed by atoms with E-state index in [-0.39, 0.29) is 0 Å². The summed E-state index contributed by atoms with van der Waals surface area (Å²) in [6.45, 7) is 6.56. The quantitative estimate of drug-likeness (QED) is 0.652. The average Bonchev–Trinajstić information content (AvgIpc) is 2.22. The van der Waals surface area contributed by atoms with E-state index in [1.165, 1.54) is 12.2 Å². The Labute approximate surface area is 89.5 Å². The van der Waals surface area contributed by atoms with Crippen molar-refractivity contribution in [3.8, 4) is 0 Å². The van der Waals surface area contributed by atoms with E-state index >= 15 is 0 Å². The summed E-state index contributed by atoms with van der Waals surface area (Å²) in [5.41, 5.74) is 0. The van der Waals surface area contributed by atoms with Gasteiger partial charge in [0, 0.05) is 10.8 Å². The summed E-state index contributed by atoms with van der Waals surface area (Å²) in [4.78, 5) is 0. The molecule has 0 saturated carbocycles. The minimum Gasteiger partial charge on any atom is -0.385 e. The molecule has 0 rings (SSSR count). The van der Waals surface area contributed by atoms with Crippen LogP contribution < -0.4 is 0 Å². The van der Waals surface area contributed by atoms with Crippen LogP contribution in [-0.2, 0) is 9.84 Å². The highest BCUT2D eigenvalue weighted by Crippen LogP contribution is 1.99. The molecular weight excluding hydrogens is 216 g/mol. The molecule has 84 valence electrons. The molecule has 2 unspecified atom stereocenters. The van der Waals surface area contributed by atoms with Crippen molar-refractivity contribution in [3.63, 3.8) is 0 Å². The molecule has 0 spiro atoms. The topological polar surface area (TPSA) is 74.6 Å². The van der Waals surface area contributed by atoms with Gasteiger partial charge in [-0.3, -0.25) is 0 Å². The third kappa shape index (κ3) is 6.84. The number of aliphatic hydroxyl groups excluding tert-OH is 2. The second-order valence-corrected chi connectivity index (χ2v) is 4.42. The van der Waals surface area contributed by atoms with Crippen LogP contribution in [-0.4, -0.2) is 30.8 Å². The lowest BCUT2D eigenvalue weighted by atomic mass is 10.4. The zero-order valence-corrected chi connectivity index (χ0v) is 8.97.